The van der Waals surface area contributed by atoms with Crippen LogP contribution in [0.15, 0.2) is 18.2 Å². The average molecular weight is 307 g/mol. The lowest BCUT2D eigenvalue weighted by molar-refractivity contribution is -0.142. The molecule has 1 aromatic heterocycles. The number of halogens is 1. The Bertz CT molecular complexity index is 677. The minimum Gasteiger partial charge on any atom is -0.466 e. The highest BCUT2D eigenvalue weighted by Gasteiger charge is 2.16. The summed E-state index contributed by atoms with van der Waals surface area (Å²) in [6, 6.07) is 5.80. The minimum atomic E-state index is -0.231. The first-order valence-corrected chi connectivity index (χ1v) is 7.29. The van der Waals surface area contributed by atoms with E-state index in [0.717, 1.165) is 28.2 Å². The average Bonchev–Trinajstić information content (AvgIpc) is 2.70. The van der Waals surface area contributed by atoms with E-state index in [0.29, 0.717) is 11.6 Å². The quantitative estimate of drug-likeness (QED) is 0.811. The maximum absolute atomic E-state index is 11.7. The zero-order chi connectivity index (χ0) is 15.6. The van der Waals surface area contributed by atoms with Crippen molar-refractivity contribution in [2.75, 3.05) is 6.61 Å². The van der Waals surface area contributed by atoms with E-state index in [1.54, 1.807) is 6.92 Å². The monoisotopic (exact) mass is 306 g/mol. The van der Waals surface area contributed by atoms with Crippen LogP contribution in [-0.2, 0) is 16.0 Å². The highest BCUT2D eigenvalue weighted by Crippen LogP contribution is 2.23. The number of ether oxygens (including phenoxy) is 1. The Balaban J connectivity index is 2.38. The van der Waals surface area contributed by atoms with Crippen LogP contribution in [-0.4, -0.2) is 22.4 Å². The molecule has 1 aromatic carbocycles. The lowest BCUT2D eigenvalue weighted by Gasteiger charge is -2.07. The largest absolute Gasteiger partial charge is 0.466 e. The van der Waals surface area contributed by atoms with Crippen LogP contribution < -0.4 is 0 Å². The van der Waals surface area contributed by atoms with Crippen molar-refractivity contribution in [2.45, 2.75) is 34.1 Å². The first-order valence-electron chi connectivity index (χ1n) is 6.91. The molecule has 21 heavy (non-hydrogen) atoms. The van der Waals surface area contributed by atoms with Gasteiger partial charge in [0.1, 0.15) is 0 Å². The molecule has 1 heterocycles. The fourth-order valence-corrected chi connectivity index (χ4v) is 2.43. The molecule has 0 fully saturated rings. The number of rotatable bonds is 4. The Morgan fingerprint density at radius 3 is 2.67 bits per heavy atom. The highest BCUT2D eigenvalue weighted by molar-refractivity contribution is 6.31. The van der Waals surface area contributed by atoms with Crippen LogP contribution in [0.5, 0.6) is 0 Å². The third-order valence-electron chi connectivity index (χ3n) is 3.47. The van der Waals surface area contributed by atoms with Gasteiger partial charge in [0.15, 0.2) is 0 Å². The molecule has 0 aliphatic rings. The number of hydrogen-bond acceptors (Lipinski definition) is 3. The molecular formula is C16H19ClN2O2. The number of hydrogen-bond donors (Lipinski definition) is 0. The van der Waals surface area contributed by atoms with E-state index in [-0.39, 0.29) is 12.4 Å². The number of nitrogens with zero attached hydrogens (tertiary/aromatic N) is 2. The normalized spacial score (nSPS) is 10.7. The predicted octanol–water partition coefficient (Wildman–Crippen LogP) is 3.56. The van der Waals surface area contributed by atoms with E-state index in [9.17, 15) is 4.79 Å². The first kappa shape index (κ1) is 15.6. The Labute approximate surface area is 129 Å². The molecule has 5 heteroatoms. The summed E-state index contributed by atoms with van der Waals surface area (Å²) >= 11 is 6.17. The highest BCUT2D eigenvalue weighted by atomic mass is 35.5. The molecule has 112 valence electrons. The minimum absolute atomic E-state index is 0.231. The van der Waals surface area contributed by atoms with Crippen LogP contribution in [0.4, 0.5) is 0 Å². The molecule has 0 saturated carbocycles. The van der Waals surface area contributed by atoms with Crippen LogP contribution >= 0.6 is 11.6 Å². The van der Waals surface area contributed by atoms with Gasteiger partial charge in [-0.2, -0.15) is 5.10 Å². The van der Waals surface area contributed by atoms with Gasteiger partial charge in [-0.25, -0.2) is 4.68 Å². The lowest BCUT2D eigenvalue weighted by atomic mass is 10.1. The molecule has 4 nitrogen and oxygen atoms in total. The topological polar surface area (TPSA) is 44.1 Å². The number of benzene rings is 1. The van der Waals surface area contributed by atoms with Crippen LogP contribution in [0.1, 0.15) is 29.4 Å². The van der Waals surface area contributed by atoms with Crippen molar-refractivity contribution in [3.63, 3.8) is 0 Å². The number of aromatic nitrogens is 2. The summed E-state index contributed by atoms with van der Waals surface area (Å²) in [5.41, 5.74) is 4.58. The van der Waals surface area contributed by atoms with Gasteiger partial charge in [0.25, 0.3) is 0 Å². The van der Waals surface area contributed by atoms with Gasteiger partial charge in [0.2, 0.25) is 0 Å². The zero-order valence-electron chi connectivity index (χ0n) is 12.7. The van der Waals surface area contributed by atoms with Gasteiger partial charge in [-0.05, 0) is 45.4 Å². The van der Waals surface area contributed by atoms with Crippen LogP contribution in [0.25, 0.3) is 5.69 Å². The summed E-state index contributed by atoms with van der Waals surface area (Å²) in [6.45, 7) is 7.99. The van der Waals surface area contributed by atoms with Crippen LogP contribution in [0.2, 0.25) is 5.02 Å². The molecule has 0 unspecified atom stereocenters. The Kier molecular flexibility index (Phi) is 4.68. The standard InChI is InChI=1S/C16H19ClN2O2/c1-5-21-16(20)9-14-11(3)18-19(12(14)4)13-7-6-10(2)15(17)8-13/h6-8H,5,9H2,1-4H3. The molecule has 0 aliphatic heterocycles. The van der Waals surface area contributed by atoms with Crippen LogP contribution in [0.3, 0.4) is 0 Å². The zero-order valence-corrected chi connectivity index (χ0v) is 13.5. The summed E-state index contributed by atoms with van der Waals surface area (Å²) in [5.74, 6) is -0.231. The molecule has 0 saturated heterocycles. The molecule has 0 atom stereocenters. The van der Waals surface area contributed by atoms with Crippen molar-refractivity contribution >= 4 is 17.6 Å². The van der Waals surface area contributed by atoms with E-state index in [1.165, 1.54) is 0 Å². The molecule has 0 amide bonds. The van der Waals surface area contributed by atoms with Gasteiger partial charge in [0.05, 0.1) is 24.4 Å². The summed E-state index contributed by atoms with van der Waals surface area (Å²) in [7, 11) is 0. The van der Waals surface area contributed by atoms with Crippen molar-refractivity contribution in [3.8, 4) is 5.69 Å². The summed E-state index contributed by atoms with van der Waals surface area (Å²) in [6.07, 6.45) is 0.241. The van der Waals surface area contributed by atoms with Gasteiger partial charge in [0, 0.05) is 16.3 Å². The lowest BCUT2D eigenvalue weighted by Crippen LogP contribution is -2.09. The molecule has 2 rings (SSSR count). The van der Waals surface area contributed by atoms with Gasteiger partial charge < -0.3 is 4.74 Å². The molecule has 0 bridgehead atoms. The third kappa shape index (κ3) is 3.27. The summed E-state index contributed by atoms with van der Waals surface area (Å²) in [4.78, 5) is 11.7. The van der Waals surface area contributed by atoms with E-state index in [2.05, 4.69) is 5.10 Å². The first-order chi connectivity index (χ1) is 9.93. The maximum Gasteiger partial charge on any atom is 0.310 e. The molecule has 0 spiro atoms. The fraction of sp³-hybridized carbons (Fsp3) is 0.375. The van der Waals surface area contributed by atoms with Crippen molar-refractivity contribution in [1.29, 1.82) is 0 Å². The fourth-order valence-electron chi connectivity index (χ4n) is 2.25. The Morgan fingerprint density at radius 1 is 1.33 bits per heavy atom. The number of aryl methyl sites for hydroxylation is 2. The summed E-state index contributed by atoms with van der Waals surface area (Å²) in [5, 5.41) is 5.22. The second-order valence-corrected chi connectivity index (χ2v) is 5.38. The number of esters is 1. The predicted molar refractivity (Wildman–Crippen MR) is 83.1 cm³/mol. The van der Waals surface area contributed by atoms with Crippen molar-refractivity contribution in [2.24, 2.45) is 0 Å². The second kappa shape index (κ2) is 6.31. The molecule has 2 aromatic rings. The number of carbonyl (C=O) groups is 1. The van der Waals surface area contributed by atoms with E-state index in [4.69, 9.17) is 16.3 Å². The molecule has 0 aliphatic carbocycles. The van der Waals surface area contributed by atoms with Crippen molar-refractivity contribution in [1.82, 2.24) is 9.78 Å². The molecule has 0 radical (unpaired) electrons. The van der Waals surface area contributed by atoms with Crippen molar-refractivity contribution < 1.29 is 9.53 Å². The Hall–Kier alpha value is -1.81. The van der Waals surface area contributed by atoms with Gasteiger partial charge in [-0.15, -0.1) is 0 Å². The van der Waals surface area contributed by atoms with E-state index >= 15 is 0 Å². The molecular weight excluding hydrogens is 288 g/mol. The SMILES string of the molecule is CCOC(=O)Cc1c(C)nn(-c2ccc(C)c(Cl)c2)c1C. The third-order valence-corrected chi connectivity index (χ3v) is 3.87. The molecule has 0 N–H and O–H groups in total. The van der Waals surface area contributed by atoms with Crippen molar-refractivity contribution in [3.05, 3.63) is 45.7 Å². The van der Waals surface area contributed by atoms with Gasteiger partial charge in [-0.3, -0.25) is 4.79 Å². The van der Waals surface area contributed by atoms with Gasteiger partial charge >= 0.3 is 5.97 Å². The van der Waals surface area contributed by atoms with Crippen LogP contribution in [0, 0.1) is 20.8 Å². The van der Waals surface area contributed by atoms with Gasteiger partial charge in [-0.1, -0.05) is 17.7 Å². The van der Waals surface area contributed by atoms with E-state index in [1.807, 2.05) is 43.7 Å². The number of carbonyl (C=O) groups excluding carboxylic acids is 1. The smallest absolute Gasteiger partial charge is 0.310 e. The van der Waals surface area contributed by atoms with E-state index < -0.39 is 0 Å². The summed E-state index contributed by atoms with van der Waals surface area (Å²) < 4.78 is 6.82. The second-order valence-electron chi connectivity index (χ2n) is 4.98. The Morgan fingerprint density at radius 2 is 2.05 bits per heavy atom. The maximum atomic E-state index is 11.7.